The lowest BCUT2D eigenvalue weighted by molar-refractivity contribution is -0.123. The normalized spacial score (nSPS) is 10.7. The Labute approximate surface area is 151 Å². The van der Waals surface area contributed by atoms with E-state index in [2.05, 4.69) is 16.6 Å². The molecule has 0 aliphatic rings. The Kier molecular flexibility index (Phi) is 8.46. The quantitative estimate of drug-likeness (QED) is 0.421. The number of hydrogen-bond donors (Lipinski definition) is 3. The molecule has 10 heteroatoms. The molecule has 9 nitrogen and oxygen atoms in total. The van der Waals surface area contributed by atoms with E-state index >= 15 is 0 Å². The molecule has 0 saturated carbocycles. The molecule has 1 aromatic carbocycles. The molecule has 26 heavy (non-hydrogen) atoms. The number of carbonyl (C=O) groups is 3. The van der Waals surface area contributed by atoms with Crippen LogP contribution in [0.25, 0.3) is 0 Å². The molecule has 0 unspecified atom stereocenters. The van der Waals surface area contributed by atoms with Gasteiger partial charge in [0, 0.05) is 13.1 Å². The molecule has 0 bridgehead atoms. The average molecular weight is 383 g/mol. The van der Waals surface area contributed by atoms with Crippen molar-refractivity contribution in [3.63, 3.8) is 0 Å². The van der Waals surface area contributed by atoms with Gasteiger partial charge in [-0.15, -0.1) is 6.58 Å². The zero-order chi connectivity index (χ0) is 19.6. The van der Waals surface area contributed by atoms with Crippen LogP contribution >= 0.6 is 0 Å². The number of hydrogen-bond acceptors (Lipinski definition) is 6. The number of ether oxygens (including phenoxy) is 1. The van der Waals surface area contributed by atoms with Crippen LogP contribution in [0.2, 0.25) is 0 Å². The van der Waals surface area contributed by atoms with Crippen LogP contribution in [0.3, 0.4) is 0 Å². The maximum atomic E-state index is 12.0. The van der Waals surface area contributed by atoms with Crippen molar-refractivity contribution in [2.24, 2.45) is 0 Å². The summed E-state index contributed by atoms with van der Waals surface area (Å²) in [5.74, 6) is -1.70. The maximum Gasteiger partial charge on any atom is 0.338 e. The summed E-state index contributed by atoms with van der Waals surface area (Å²) in [4.78, 5) is 34.7. The van der Waals surface area contributed by atoms with Crippen LogP contribution in [0.1, 0.15) is 23.7 Å². The molecule has 0 aromatic heterocycles. The molecule has 3 N–H and O–H groups in total. The molecule has 3 amide bonds. The fraction of sp³-hybridized carbons (Fsp3) is 0.312. The Morgan fingerprint density at radius 3 is 2.65 bits per heavy atom. The van der Waals surface area contributed by atoms with Gasteiger partial charge in [0.25, 0.3) is 5.91 Å². The maximum absolute atomic E-state index is 12.0. The van der Waals surface area contributed by atoms with Crippen molar-refractivity contribution in [1.29, 1.82) is 0 Å². The van der Waals surface area contributed by atoms with E-state index < -0.39 is 34.5 Å². The zero-order valence-corrected chi connectivity index (χ0v) is 15.1. The summed E-state index contributed by atoms with van der Waals surface area (Å²) in [6.45, 7) is 5.03. The molecule has 0 fully saturated rings. The van der Waals surface area contributed by atoms with E-state index in [0.717, 1.165) is 6.07 Å². The molecule has 0 spiro atoms. The van der Waals surface area contributed by atoms with E-state index in [-0.39, 0.29) is 17.0 Å². The van der Waals surface area contributed by atoms with Gasteiger partial charge in [0.2, 0.25) is 10.0 Å². The standard InChI is InChI=1S/C16H21N3O6S/c1-3-8-17-16(22)19-14(20)11-25-15(21)12-6-5-7-13(10-12)26(23,24)18-9-4-2/h4-7,10,18H,2-3,8-9,11H2,1H3,(H2,17,19,20,22). The van der Waals surface area contributed by atoms with Crippen molar-refractivity contribution >= 4 is 27.9 Å². The average Bonchev–Trinajstić information content (AvgIpc) is 2.62. The van der Waals surface area contributed by atoms with Gasteiger partial charge in [0.15, 0.2) is 6.61 Å². The van der Waals surface area contributed by atoms with Crippen LogP contribution < -0.4 is 15.4 Å². The SMILES string of the molecule is C=CCNS(=O)(=O)c1cccc(C(=O)OCC(=O)NC(=O)NCCC)c1. The Balaban J connectivity index is 2.65. The van der Waals surface area contributed by atoms with Crippen molar-refractivity contribution in [1.82, 2.24) is 15.4 Å². The number of carbonyl (C=O) groups excluding carboxylic acids is 3. The van der Waals surface area contributed by atoms with Gasteiger partial charge in [-0.3, -0.25) is 10.1 Å². The van der Waals surface area contributed by atoms with Crippen LogP contribution in [-0.4, -0.2) is 46.0 Å². The lowest BCUT2D eigenvalue weighted by Gasteiger charge is -2.08. The lowest BCUT2D eigenvalue weighted by atomic mass is 10.2. The van der Waals surface area contributed by atoms with Gasteiger partial charge >= 0.3 is 12.0 Å². The molecular formula is C16H21N3O6S. The van der Waals surface area contributed by atoms with Crippen molar-refractivity contribution in [2.75, 3.05) is 19.7 Å². The first kappa shape index (κ1) is 21.3. The molecule has 1 aromatic rings. The summed E-state index contributed by atoms with van der Waals surface area (Å²) >= 11 is 0. The largest absolute Gasteiger partial charge is 0.452 e. The zero-order valence-electron chi connectivity index (χ0n) is 14.3. The Morgan fingerprint density at radius 1 is 1.27 bits per heavy atom. The Bertz CT molecular complexity index is 776. The predicted molar refractivity (Wildman–Crippen MR) is 93.9 cm³/mol. The molecule has 0 saturated heterocycles. The highest BCUT2D eigenvalue weighted by atomic mass is 32.2. The topological polar surface area (TPSA) is 131 Å². The number of amides is 3. The summed E-state index contributed by atoms with van der Waals surface area (Å²) in [7, 11) is -3.80. The second-order valence-corrected chi connectivity index (χ2v) is 6.82. The minimum absolute atomic E-state index is 0.0390. The van der Waals surface area contributed by atoms with Gasteiger partial charge in [-0.2, -0.15) is 0 Å². The first-order valence-corrected chi connectivity index (χ1v) is 9.24. The van der Waals surface area contributed by atoms with Crippen LogP contribution in [0.15, 0.2) is 41.8 Å². The first-order chi connectivity index (χ1) is 12.3. The van der Waals surface area contributed by atoms with Crippen molar-refractivity contribution < 1.29 is 27.5 Å². The van der Waals surface area contributed by atoms with E-state index in [1.807, 2.05) is 12.2 Å². The van der Waals surface area contributed by atoms with E-state index in [0.29, 0.717) is 13.0 Å². The van der Waals surface area contributed by atoms with Gasteiger partial charge in [-0.25, -0.2) is 22.7 Å². The smallest absolute Gasteiger partial charge is 0.338 e. The van der Waals surface area contributed by atoms with E-state index in [9.17, 15) is 22.8 Å². The number of imide groups is 1. The van der Waals surface area contributed by atoms with E-state index in [4.69, 9.17) is 4.74 Å². The summed E-state index contributed by atoms with van der Waals surface area (Å²) in [6, 6.07) is 4.47. The highest BCUT2D eigenvalue weighted by Gasteiger charge is 2.17. The van der Waals surface area contributed by atoms with Crippen LogP contribution in [-0.2, 0) is 19.6 Å². The fourth-order valence-corrected chi connectivity index (χ4v) is 2.75. The molecule has 0 heterocycles. The second kappa shape index (κ2) is 10.3. The fourth-order valence-electron chi connectivity index (χ4n) is 1.70. The third-order valence-electron chi connectivity index (χ3n) is 2.92. The van der Waals surface area contributed by atoms with E-state index in [1.54, 1.807) is 0 Å². The Morgan fingerprint density at radius 2 is 2.00 bits per heavy atom. The summed E-state index contributed by atoms with van der Waals surface area (Å²) in [5, 5.41) is 4.43. The first-order valence-electron chi connectivity index (χ1n) is 7.75. The van der Waals surface area contributed by atoms with Crippen LogP contribution in [0.5, 0.6) is 0 Å². The second-order valence-electron chi connectivity index (χ2n) is 5.05. The van der Waals surface area contributed by atoms with Gasteiger partial charge < -0.3 is 10.1 Å². The highest BCUT2D eigenvalue weighted by Crippen LogP contribution is 2.12. The molecule has 142 valence electrons. The molecule has 1 rings (SSSR count). The minimum atomic E-state index is -3.80. The number of benzene rings is 1. The van der Waals surface area contributed by atoms with Gasteiger partial charge in [0.05, 0.1) is 10.5 Å². The van der Waals surface area contributed by atoms with Gasteiger partial charge in [0.1, 0.15) is 0 Å². The van der Waals surface area contributed by atoms with Crippen LogP contribution in [0.4, 0.5) is 4.79 Å². The van der Waals surface area contributed by atoms with Crippen molar-refractivity contribution in [2.45, 2.75) is 18.2 Å². The van der Waals surface area contributed by atoms with Crippen LogP contribution in [0, 0.1) is 0 Å². The summed E-state index contributed by atoms with van der Waals surface area (Å²) in [5.41, 5.74) is -0.0466. The molecule has 0 atom stereocenters. The van der Waals surface area contributed by atoms with E-state index in [1.165, 1.54) is 24.3 Å². The predicted octanol–water partition coefficient (Wildman–Crippen LogP) is 0.543. The molecular weight excluding hydrogens is 362 g/mol. The summed E-state index contributed by atoms with van der Waals surface area (Å²) in [6.07, 6.45) is 2.09. The molecule has 0 aliphatic carbocycles. The van der Waals surface area contributed by atoms with Gasteiger partial charge in [-0.1, -0.05) is 19.1 Å². The van der Waals surface area contributed by atoms with Gasteiger partial charge in [-0.05, 0) is 24.6 Å². The number of urea groups is 1. The summed E-state index contributed by atoms with van der Waals surface area (Å²) < 4.78 is 31.1. The van der Waals surface area contributed by atoms with Crippen molar-refractivity contribution in [3.05, 3.63) is 42.5 Å². The molecule has 0 radical (unpaired) electrons. The number of nitrogens with one attached hydrogen (secondary N) is 3. The number of esters is 1. The highest BCUT2D eigenvalue weighted by molar-refractivity contribution is 7.89. The molecule has 0 aliphatic heterocycles. The third-order valence-corrected chi connectivity index (χ3v) is 4.34. The monoisotopic (exact) mass is 383 g/mol. The third kappa shape index (κ3) is 7.03. The minimum Gasteiger partial charge on any atom is -0.452 e. The van der Waals surface area contributed by atoms with Crippen molar-refractivity contribution in [3.8, 4) is 0 Å². The number of sulfonamides is 1. The lowest BCUT2D eigenvalue weighted by Crippen LogP contribution is -2.41. The number of rotatable bonds is 9. The Hall–Kier alpha value is -2.72.